The second-order valence-electron chi connectivity index (χ2n) is 5.39. The third-order valence-corrected chi connectivity index (χ3v) is 5.17. The Morgan fingerprint density at radius 2 is 2.05 bits per heavy atom. The van der Waals surface area contributed by atoms with E-state index < -0.39 is 10.0 Å². The first-order chi connectivity index (χ1) is 9.44. The first-order valence-electron chi connectivity index (χ1n) is 6.87. The Morgan fingerprint density at radius 3 is 2.60 bits per heavy atom. The molecule has 0 saturated heterocycles. The number of nitrogens with one attached hydrogen (secondary N) is 2. The second kappa shape index (κ2) is 6.20. The molecule has 1 saturated carbocycles. The summed E-state index contributed by atoms with van der Waals surface area (Å²) in [5.74, 6) is 0.0976. The summed E-state index contributed by atoms with van der Waals surface area (Å²) in [6, 6.07) is 2.79. The van der Waals surface area contributed by atoms with E-state index in [1.807, 2.05) is 0 Å². The van der Waals surface area contributed by atoms with Gasteiger partial charge in [-0.05, 0) is 50.4 Å². The lowest BCUT2D eigenvalue weighted by atomic mass is 9.86. The van der Waals surface area contributed by atoms with Crippen LogP contribution in [0.25, 0.3) is 0 Å². The third-order valence-electron chi connectivity index (χ3n) is 3.77. The van der Waals surface area contributed by atoms with Gasteiger partial charge in [-0.2, -0.15) is 0 Å². The number of benzene rings is 1. The maximum Gasteiger partial charge on any atom is 0.240 e. The van der Waals surface area contributed by atoms with Crippen molar-refractivity contribution < 1.29 is 12.8 Å². The van der Waals surface area contributed by atoms with Crippen LogP contribution in [0.5, 0.6) is 0 Å². The van der Waals surface area contributed by atoms with E-state index in [9.17, 15) is 12.8 Å². The molecule has 0 radical (unpaired) electrons. The SMILES string of the molecule is CNCc1cc(S(=O)(=O)NCC2CCC2)cc(C)c1F. The highest BCUT2D eigenvalue weighted by Crippen LogP contribution is 2.26. The van der Waals surface area contributed by atoms with Gasteiger partial charge in [-0.25, -0.2) is 17.5 Å². The van der Waals surface area contributed by atoms with Crippen LogP contribution in [-0.2, 0) is 16.6 Å². The molecule has 1 aliphatic rings. The Bertz CT molecular complexity index is 583. The van der Waals surface area contributed by atoms with Gasteiger partial charge < -0.3 is 5.32 Å². The quantitative estimate of drug-likeness (QED) is 0.844. The van der Waals surface area contributed by atoms with Gasteiger partial charge in [0.2, 0.25) is 10.0 Å². The Kier molecular flexibility index (Phi) is 4.78. The molecule has 0 spiro atoms. The zero-order valence-corrected chi connectivity index (χ0v) is 12.7. The van der Waals surface area contributed by atoms with Crippen molar-refractivity contribution in [3.63, 3.8) is 0 Å². The van der Waals surface area contributed by atoms with Gasteiger partial charge in [0.25, 0.3) is 0 Å². The normalized spacial score (nSPS) is 16.1. The second-order valence-corrected chi connectivity index (χ2v) is 7.16. The summed E-state index contributed by atoms with van der Waals surface area (Å²) >= 11 is 0. The predicted molar refractivity (Wildman–Crippen MR) is 76.4 cm³/mol. The molecule has 0 aromatic heterocycles. The fraction of sp³-hybridized carbons (Fsp3) is 0.571. The van der Waals surface area contributed by atoms with Crippen molar-refractivity contribution >= 4 is 10.0 Å². The van der Waals surface area contributed by atoms with E-state index in [0.29, 0.717) is 30.1 Å². The number of halogens is 1. The lowest BCUT2D eigenvalue weighted by Gasteiger charge is -2.25. The summed E-state index contributed by atoms with van der Waals surface area (Å²) in [4.78, 5) is 0.140. The third kappa shape index (κ3) is 3.37. The van der Waals surface area contributed by atoms with E-state index in [1.165, 1.54) is 18.6 Å². The summed E-state index contributed by atoms with van der Waals surface area (Å²) in [6.07, 6.45) is 3.33. The minimum absolute atomic E-state index is 0.140. The average molecular weight is 300 g/mol. The molecule has 2 N–H and O–H groups in total. The lowest BCUT2D eigenvalue weighted by molar-refractivity contribution is 0.316. The fourth-order valence-electron chi connectivity index (χ4n) is 2.29. The van der Waals surface area contributed by atoms with E-state index >= 15 is 0 Å². The fourth-order valence-corrected chi connectivity index (χ4v) is 3.54. The topological polar surface area (TPSA) is 58.2 Å². The van der Waals surface area contributed by atoms with Gasteiger partial charge in [0, 0.05) is 18.7 Å². The molecule has 1 aromatic carbocycles. The van der Waals surface area contributed by atoms with Crippen LogP contribution in [0.15, 0.2) is 17.0 Å². The Balaban J connectivity index is 2.21. The van der Waals surface area contributed by atoms with Crippen molar-refractivity contribution in [3.05, 3.63) is 29.1 Å². The van der Waals surface area contributed by atoms with Crippen LogP contribution >= 0.6 is 0 Å². The molecule has 1 aromatic rings. The van der Waals surface area contributed by atoms with Gasteiger partial charge in [0.15, 0.2) is 0 Å². The highest BCUT2D eigenvalue weighted by molar-refractivity contribution is 7.89. The van der Waals surface area contributed by atoms with Crippen molar-refractivity contribution in [2.75, 3.05) is 13.6 Å². The summed E-state index contributed by atoms with van der Waals surface area (Å²) in [6.45, 7) is 2.36. The molecule has 20 heavy (non-hydrogen) atoms. The molecular formula is C14H21FN2O2S. The lowest BCUT2D eigenvalue weighted by Crippen LogP contribution is -2.32. The Hall–Kier alpha value is -0.980. The van der Waals surface area contributed by atoms with E-state index in [4.69, 9.17) is 0 Å². The number of aryl methyl sites for hydroxylation is 1. The summed E-state index contributed by atoms with van der Waals surface area (Å²) in [5.41, 5.74) is 0.721. The molecule has 0 bridgehead atoms. The summed E-state index contributed by atoms with van der Waals surface area (Å²) in [5, 5.41) is 2.84. The van der Waals surface area contributed by atoms with Gasteiger partial charge in [-0.1, -0.05) is 6.42 Å². The zero-order valence-electron chi connectivity index (χ0n) is 11.9. The van der Waals surface area contributed by atoms with Crippen LogP contribution in [0.3, 0.4) is 0 Å². The van der Waals surface area contributed by atoms with E-state index in [1.54, 1.807) is 14.0 Å². The molecule has 4 nitrogen and oxygen atoms in total. The van der Waals surface area contributed by atoms with E-state index in [0.717, 1.165) is 12.8 Å². The molecule has 0 unspecified atom stereocenters. The van der Waals surface area contributed by atoms with Crippen molar-refractivity contribution in [2.24, 2.45) is 5.92 Å². The molecule has 0 atom stereocenters. The monoisotopic (exact) mass is 300 g/mol. The molecule has 2 rings (SSSR count). The summed E-state index contributed by atoms with van der Waals surface area (Å²) in [7, 11) is -1.86. The van der Waals surface area contributed by atoms with Gasteiger partial charge in [0.1, 0.15) is 5.82 Å². The number of sulfonamides is 1. The smallest absolute Gasteiger partial charge is 0.240 e. The van der Waals surface area contributed by atoms with Crippen LogP contribution in [-0.4, -0.2) is 22.0 Å². The van der Waals surface area contributed by atoms with Gasteiger partial charge in [-0.15, -0.1) is 0 Å². The molecule has 6 heteroatoms. The average Bonchev–Trinajstić information content (AvgIpc) is 2.32. The number of hydrogen-bond acceptors (Lipinski definition) is 3. The molecule has 0 heterocycles. The minimum Gasteiger partial charge on any atom is -0.316 e. The molecule has 0 aliphatic heterocycles. The maximum atomic E-state index is 13.9. The molecular weight excluding hydrogens is 279 g/mol. The van der Waals surface area contributed by atoms with Crippen LogP contribution in [0, 0.1) is 18.7 Å². The van der Waals surface area contributed by atoms with Crippen molar-refractivity contribution in [2.45, 2.75) is 37.6 Å². The highest BCUT2D eigenvalue weighted by atomic mass is 32.2. The van der Waals surface area contributed by atoms with E-state index in [2.05, 4.69) is 10.0 Å². The Morgan fingerprint density at radius 1 is 1.35 bits per heavy atom. The van der Waals surface area contributed by atoms with Crippen LogP contribution in [0.2, 0.25) is 0 Å². The van der Waals surface area contributed by atoms with Crippen LogP contribution < -0.4 is 10.0 Å². The van der Waals surface area contributed by atoms with Crippen molar-refractivity contribution in [3.8, 4) is 0 Å². The van der Waals surface area contributed by atoms with Gasteiger partial charge >= 0.3 is 0 Å². The summed E-state index contributed by atoms with van der Waals surface area (Å²) < 4.78 is 41.0. The molecule has 1 fully saturated rings. The number of rotatable bonds is 6. The standard InChI is InChI=1S/C14H21FN2O2S/c1-10-6-13(7-12(9-16-2)14(10)15)20(18,19)17-8-11-4-3-5-11/h6-7,11,16-17H,3-5,8-9H2,1-2H3. The van der Waals surface area contributed by atoms with E-state index in [-0.39, 0.29) is 10.7 Å². The van der Waals surface area contributed by atoms with Crippen molar-refractivity contribution in [1.82, 2.24) is 10.0 Å². The maximum absolute atomic E-state index is 13.9. The predicted octanol–water partition coefficient (Wildman–Crippen LogP) is 1.93. The first kappa shape index (κ1) is 15.4. The van der Waals surface area contributed by atoms with Crippen LogP contribution in [0.1, 0.15) is 30.4 Å². The molecule has 0 amide bonds. The number of hydrogen-bond donors (Lipinski definition) is 2. The Labute approximate surface area is 119 Å². The van der Waals surface area contributed by atoms with Gasteiger partial charge in [0.05, 0.1) is 4.90 Å². The zero-order chi connectivity index (χ0) is 14.8. The first-order valence-corrected chi connectivity index (χ1v) is 8.35. The van der Waals surface area contributed by atoms with Crippen LogP contribution in [0.4, 0.5) is 4.39 Å². The molecule has 112 valence electrons. The molecule has 1 aliphatic carbocycles. The largest absolute Gasteiger partial charge is 0.316 e. The van der Waals surface area contributed by atoms with Gasteiger partial charge in [-0.3, -0.25) is 0 Å². The minimum atomic E-state index is -3.56. The van der Waals surface area contributed by atoms with Crippen molar-refractivity contribution in [1.29, 1.82) is 0 Å². The highest BCUT2D eigenvalue weighted by Gasteiger charge is 2.22.